The van der Waals surface area contributed by atoms with Crippen molar-refractivity contribution in [2.45, 2.75) is 63.6 Å². The third kappa shape index (κ3) is 4.51. The average molecular weight is 412 g/mol. The Balaban J connectivity index is 1.36. The molecule has 0 unspecified atom stereocenters. The Bertz CT molecular complexity index is 776. The van der Waals surface area contributed by atoms with E-state index < -0.39 is 0 Å². The Morgan fingerprint density at radius 2 is 1.93 bits per heavy atom. The first-order valence-electron chi connectivity index (χ1n) is 11.3. The van der Waals surface area contributed by atoms with Gasteiger partial charge < -0.3 is 21.4 Å². The van der Waals surface area contributed by atoms with Gasteiger partial charge in [0.1, 0.15) is 6.04 Å². The molecule has 7 nitrogen and oxygen atoms in total. The van der Waals surface area contributed by atoms with Gasteiger partial charge in [-0.15, -0.1) is 0 Å². The van der Waals surface area contributed by atoms with Crippen LogP contribution in [0.4, 0.5) is 0 Å². The lowest BCUT2D eigenvalue weighted by Crippen LogP contribution is -2.58. The number of carbonyl (C=O) groups excluding carboxylic acids is 2. The maximum Gasteiger partial charge on any atom is 0.243 e. The Labute approximate surface area is 178 Å². The first kappa shape index (κ1) is 20.8. The van der Waals surface area contributed by atoms with Crippen LogP contribution in [-0.2, 0) is 16.1 Å². The SMILES string of the molecule is NN=Cc1ccc(CNC(=O)[C@@H]2CCCN2C(=O)[C@@H]2NCC[C@@H]3CCCC[C@@H]32)cc1. The van der Waals surface area contributed by atoms with E-state index in [1.165, 1.54) is 25.7 Å². The summed E-state index contributed by atoms with van der Waals surface area (Å²) in [6, 6.07) is 7.26. The fourth-order valence-electron chi connectivity index (χ4n) is 5.48. The predicted molar refractivity (Wildman–Crippen MR) is 117 cm³/mol. The lowest BCUT2D eigenvalue weighted by Gasteiger charge is -2.43. The highest BCUT2D eigenvalue weighted by Crippen LogP contribution is 2.37. The van der Waals surface area contributed by atoms with E-state index in [2.05, 4.69) is 15.7 Å². The minimum Gasteiger partial charge on any atom is -0.350 e. The summed E-state index contributed by atoms with van der Waals surface area (Å²) in [4.78, 5) is 28.1. The van der Waals surface area contributed by atoms with Crippen LogP contribution in [0.5, 0.6) is 0 Å². The van der Waals surface area contributed by atoms with E-state index in [0.29, 0.717) is 24.9 Å². The number of carbonyl (C=O) groups is 2. The van der Waals surface area contributed by atoms with Crippen LogP contribution in [0.3, 0.4) is 0 Å². The van der Waals surface area contributed by atoms with Crippen LogP contribution in [-0.4, -0.2) is 48.1 Å². The number of hydrogen-bond donors (Lipinski definition) is 3. The van der Waals surface area contributed by atoms with E-state index in [1.54, 1.807) is 6.21 Å². The van der Waals surface area contributed by atoms with Gasteiger partial charge in [0.25, 0.3) is 0 Å². The normalized spacial score (nSPS) is 29.0. The molecule has 1 aliphatic carbocycles. The molecule has 162 valence electrons. The Kier molecular flexibility index (Phi) is 6.67. The summed E-state index contributed by atoms with van der Waals surface area (Å²) in [7, 11) is 0. The molecule has 3 aliphatic rings. The van der Waals surface area contributed by atoms with Gasteiger partial charge in [-0.3, -0.25) is 9.59 Å². The summed E-state index contributed by atoms with van der Waals surface area (Å²) in [6.45, 7) is 2.04. The first-order valence-corrected chi connectivity index (χ1v) is 11.3. The second-order valence-corrected chi connectivity index (χ2v) is 8.86. The summed E-state index contributed by atoms with van der Waals surface area (Å²) in [6.07, 6.45) is 9.26. The lowest BCUT2D eigenvalue weighted by molar-refractivity contribution is -0.142. The highest BCUT2D eigenvalue weighted by molar-refractivity contribution is 5.90. The minimum absolute atomic E-state index is 0.0514. The molecule has 2 aliphatic heterocycles. The zero-order valence-corrected chi connectivity index (χ0v) is 17.6. The number of hydrogen-bond acceptors (Lipinski definition) is 5. The van der Waals surface area contributed by atoms with Crippen molar-refractivity contribution in [1.29, 1.82) is 0 Å². The van der Waals surface area contributed by atoms with Gasteiger partial charge in [-0.1, -0.05) is 43.5 Å². The molecule has 0 bridgehead atoms. The van der Waals surface area contributed by atoms with E-state index >= 15 is 0 Å². The van der Waals surface area contributed by atoms with Gasteiger partial charge >= 0.3 is 0 Å². The third-order valence-corrected chi connectivity index (χ3v) is 7.05. The largest absolute Gasteiger partial charge is 0.350 e. The average Bonchev–Trinajstić information content (AvgIpc) is 3.28. The summed E-state index contributed by atoms with van der Waals surface area (Å²) < 4.78 is 0. The molecule has 2 amide bonds. The van der Waals surface area contributed by atoms with Crippen LogP contribution < -0.4 is 16.5 Å². The maximum atomic E-state index is 13.4. The van der Waals surface area contributed by atoms with Gasteiger partial charge in [-0.05, 0) is 55.2 Å². The Morgan fingerprint density at radius 3 is 2.73 bits per heavy atom. The van der Waals surface area contributed by atoms with Crippen molar-refractivity contribution in [3.05, 3.63) is 35.4 Å². The molecule has 2 saturated heterocycles. The monoisotopic (exact) mass is 411 g/mol. The van der Waals surface area contributed by atoms with Crippen molar-refractivity contribution in [2.24, 2.45) is 22.8 Å². The van der Waals surface area contributed by atoms with Gasteiger partial charge in [-0.25, -0.2) is 0 Å². The van der Waals surface area contributed by atoms with E-state index in [9.17, 15) is 9.59 Å². The number of nitrogens with two attached hydrogens (primary N) is 1. The van der Waals surface area contributed by atoms with Crippen molar-refractivity contribution < 1.29 is 9.59 Å². The summed E-state index contributed by atoms with van der Waals surface area (Å²) in [5.41, 5.74) is 1.92. The quantitative estimate of drug-likeness (QED) is 0.390. The zero-order valence-electron chi connectivity index (χ0n) is 17.6. The number of fused-ring (bicyclic) bond motifs is 1. The highest BCUT2D eigenvalue weighted by atomic mass is 16.2. The van der Waals surface area contributed by atoms with Gasteiger partial charge in [0.2, 0.25) is 11.8 Å². The molecule has 7 heteroatoms. The summed E-state index contributed by atoms with van der Waals surface area (Å²) in [5.74, 6) is 6.35. The minimum atomic E-state index is -0.355. The molecule has 1 aromatic rings. The predicted octanol–water partition coefficient (Wildman–Crippen LogP) is 1.75. The maximum absolute atomic E-state index is 13.4. The Hall–Kier alpha value is -2.41. The molecule has 1 aromatic carbocycles. The van der Waals surface area contributed by atoms with Gasteiger partial charge in [0, 0.05) is 13.1 Å². The number of benzene rings is 1. The molecule has 0 aromatic heterocycles. The fraction of sp³-hybridized carbons (Fsp3) is 0.609. The summed E-state index contributed by atoms with van der Waals surface area (Å²) in [5, 5.41) is 10.0. The number of hydrazone groups is 1. The lowest BCUT2D eigenvalue weighted by atomic mass is 9.71. The molecule has 4 rings (SSSR count). The molecule has 1 saturated carbocycles. The van der Waals surface area contributed by atoms with Crippen LogP contribution in [0.25, 0.3) is 0 Å². The third-order valence-electron chi connectivity index (χ3n) is 7.05. The van der Waals surface area contributed by atoms with Crippen LogP contribution >= 0.6 is 0 Å². The molecule has 3 fully saturated rings. The van der Waals surface area contributed by atoms with Crippen molar-refractivity contribution in [1.82, 2.24) is 15.5 Å². The van der Waals surface area contributed by atoms with E-state index in [1.807, 2.05) is 29.2 Å². The van der Waals surface area contributed by atoms with Gasteiger partial charge in [0.15, 0.2) is 0 Å². The van der Waals surface area contributed by atoms with Gasteiger partial charge in [0.05, 0.1) is 12.3 Å². The topological polar surface area (TPSA) is 99.8 Å². The molecule has 4 N–H and O–H groups in total. The molecule has 30 heavy (non-hydrogen) atoms. The van der Waals surface area contributed by atoms with Gasteiger partial charge in [-0.2, -0.15) is 5.10 Å². The van der Waals surface area contributed by atoms with Crippen molar-refractivity contribution >= 4 is 18.0 Å². The van der Waals surface area contributed by atoms with E-state index in [-0.39, 0.29) is 23.9 Å². The number of likely N-dealkylation sites (tertiary alicyclic amines) is 1. The molecular weight excluding hydrogens is 378 g/mol. The number of amides is 2. The summed E-state index contributed by atoms with van der Waals surface area (Å²) >= 11 is 0. The molecule has 0 spiro atoms. The van der Waals surface area contributed by atoms with Crippen LogP contribution in [0.2, 0.25) is 0 Å². The van der Waals surface area contributed by atoms with E-state index in [0.717, 1.165) is 36.9 Å². The zero-order chi connectivity index (χ0) is 20.9. The number of rotatable bonds is 5. The van der Waals surface area contributed by atoms with Crippen LogP contribution in [0.15, 0.2) is 29.4 Å². The van der Waals surface area contributed by atoms with Crippen molar-refractivity contribution in [2.75, 3.05) is 13.1 Å². The fourth-order valence-corrected chi connectivity index (χ4v) is 5.48. The van der Waals surface area contributed by atoms with Crippen LogP contribution in [0.1, 0.15) is 56.1 Å². The molecule has 4 atom stereocenters. The molecular formula is C23H33N5O2. The van der Waals surface area contributed by atoms with Crippen molar-refractivity contribution in [3.8, 4) is 0 Å². The first-order chi connectivity index (χ1) is 14.7. The number of piperidine rings is 1. The second-order valence-electron chi connectivity index (χ2n) is 8.86. The Morgan fingerprint density at radius 1 is 1.13 bits per heavy atom. The van der Waals surface area contributed by atoms with E-state index in [4.69, 9.17) is 5.84 Å². The van der Waals surface area contributed by atoms with Crippen LogP contribution in [0, 0.1) is 11.8 Å². The smallest absolute Gasteiger partial charge is 0.243 e. The molecule has 0 radical (unpaired) electrons. The second kappa shape index (κ2) is 9.60. The number of nitrogens with zero attached hydrogens (tertiary/aromatic N) is 2. The number of nitrogens with one attached hydrogen (secondary N) is 2. The molecule has 2 heterocycles. The van der Waals surface area contributed by atoms with Crippen molar-refractivity contribution in [3.63, 3.8) is 0 Å². The highest BCUT2D eigenvalue weighted by Gasteiger charge is 2.43. The standard InChI is InChI=1S/C23H33N5O2/c24-27-15-17-9-7-16(8-10-17)14-26-22(29)20-6-3-13-28(20)23(30)21-19-5-2-1-4-18(19)11-12-25-21/h7-10,15,18-21,25H,1-6,11-14,24H2,(H,26,29)/t18-,19-,20-,21+/m0/s1.